The van der Waals surface area contributed by atoms with Gasteiger partial charge >= 0.3 is 0 Å². The van der Waals surface area contributed by atoms with Gasteiger partial charge in [0, 0.05) is 16.3 Å². The average molecular weight is 390 g/mol. The van der Waals surface area contributed by atoms with Crippen LogP contribution in [-0.2, 0) is 5.75 Å². The minimum absolute atomic E-state index is 0.223. The van der Waals surface area contributed by atoms with Crippen LogP contribution in [0, 0.1) is 13.8 Å². The highest BCUT2D eigenvalue weighted by Gasteiger charge is 2.11. The van der Waals surface area contributed by atoms with Gasteiger partial charge in [-0.25, -0.2) is 0 Å². The molecule has 128 valence electrons. The number of hydrogen-bond acceptors (Lipinski definition) is 5. The molecule has 3 aromatic rings. The van der Waals surface area contributed by atoms with E-state index in [2.05, 4.69) is 47.6 Å². The number of aromatic nitrogens is 2. The summed E-state index contributed by atoms with van der Waals surface area (Å²) in [6, 6.07) is 13.1. The van der Waals surface area contributed by atoms with Crippen molar-refractivity contribution in [2.24, 2.45) is 0 Å². The fourth-order valence-corrected chi connectivity index (χ4v) is 4.12. The van der Waals surface area contributed by atoms with Crippen LogP contribution in [0.25, 0.3) is 0 Å². The van der Waals surface area contributed by atoms with Gasteiger partial charge in [-0.05, 0) is 49.2 Å². The monoisotopic (exact) mass is 389 g/mol. The van der Waals surface area contributed by atoms with E-state index in [0.29, 0.717) is 15.7 Å². The number of halogens is 1. The highest BCUT2D eigenvalue weighted by atomic mass is 35.5. The van der Waals surface area contributed by atoms with Gasteiger partial charge < -0.3 is 0 Å². The molecular weight excluding hydrogens is 374 g/mol. The van der Waals surface area contributed by atoms with Gasteiger partial charge in [0.2, 0.25) is 5.13 Å². The van der Waals surface area contributed by atoms with Crippen LogP contribution in [0.1, 0.15) is 27.0 Å². The first kappa shape index (κ1) is 17.9. The van der Waals surface area contributed by atoms with E-state index in [1.807, 2.05) is 0 Å². The lowest BCUT2D eigenvalue weighted by atomic mass is 10.1. The molecule has 1 aromatic heterocycles. The van der Waals surface area contributed by atoms with Crippen molar-refractivity contribution in [3.8, 4) is 0 Å². The molecule has 0 radical (unpaired) electrons. The molecule has 0 saturated heterocycles. The summed E-state index contributed by atoms with van der Waals surface area (Å²) in [5.41, 5.74) is 4.32. The molecule has 0 atom stereocenters. The Kier molecular flexibility index (Phi) is 5.73. The molecule has 0 fully saturated rings. The maximum Gasteiger partial charge on any atom is 0.257 e. The minimum atomic E-state index is -0.223. The Labute approximate surface area is 159 Å². The third kappa shape index (κ3) is 4.81. The number of carbonyl (C=O) groups excluding carboxylic acids is 1. The number of carbonyl (C=O) groups is 1. The van der Waals surface area contributed by atoms with Crippen molar-refractivity contribution >= 4 is 45.7 Å². The number of hydrogen-bond donors (Lipinski definition) is 1. The molecule has 0 bridgehead atoms. The molecule has 7 heteroatoms. The Hall–Kier alpha value is -1.89. The largest absolute Gasteiger partial charge is 0.296 e. The van der Waals surface area contributed by atoms with E-state index < -0.39 is 0 Å². The number of amides is 1. The summed E-state index contributed by atoms with van der Waals surface area (Å²) in [6.07, 6.45) is 0. The molecule has 0 saturated carbocycles. The van der Waals surface area contributed by atoms with Crippen molar-refractivity contribution in [3.05, 3.63) is 69.7 Å². The van der Waals surface area contributed by atoms with Gasteiger partial charge in [-0.15, -0.1) is 10.2 Å². The Morgan fingerprint density at radius 1 is 1.16 bits per heavy atom. The molecule has 2 aromatic carbocycles. The van der Waals surface area contributed by atoms with E-state index in [1.54, 1.807) is 36.0 Å². The SMILES string of the molecule is Cc1ccc(C)c(CSc2nnc(NC(=O)c3ccc(Cl)cc3)s2)c1. The average Bonchev–Trinajstić information content (AvgIpc) is 3.03. The van der Waals surface area contributed by atoms with Gasteiger partial charge in [0.1, 0.15) is 0 Å². The van der Waals surface area contributed by atoms with Crippen molar-refractivity contribution in [1.82, 2.24) is 10.2 Å². The van der Waals surface area contributed by atoms with Gasteiger partial charge in [0.05, 0.1) is 0 Å². The van der Waals surface area contributed by atoms with Crippen LogP contribution in [-0.4, -0.2) is 16.1 Å². The maximum atomic E-state index is 12.2. The Morgan fingerprint density at radius 3 is 2.68 bits per heavy atom. The van der Waals surface area contributed by atoms with Gasteiger partial charge in [-0.3, -0.25) is 10.1 Å². The van der Waals surface area contributed by atoms with Gasteiger partial charge in [0.15, 0.2) is 4.34 Å². The topological polar surface area (TPSA) is 54.9 Å². The van der Waals surface area contributed by atoms with Crippen molar-refractivity contribution in [2.75, 3.05) is 5.32 Å². The summed E-state index contributed by atoms with van der Waals surface area (Å²) in [5, 5.41) is 12.0. The number of thioether (sulfide) groups is 1. The zero-order valence-electron chi connectivity index (χ0n) is 13.7. The van der Waals surface area contributed by atoms with Crippen LogP contribution in [0.3, 0.4) is 0 Å². The lowest BCUT2D eigenvalue weighted by molar-refractivity contribution is 0.102. The molecule has 0 aliphatic rings. The van der Waals surface area contributed by atoms with Crippen LogP contribution in [0.5, 0.6) is 0 Å². The predicted octanol–water partition coefficient (Wildman–Crippen LogP) is 5.35. The number of nitrogens with one attached hydrogen (secondary N) is 1. The number of nitrogens with zero attached hydrogens (tertiary/aromatic N) is 2. The Balaban J connectivity index is 1.61. The van der Waals surface area contributed by atoms with E-state index in [9.17, 15) is 4.79 Å². The zero-order valence-corrected chi connectivity index (χ0v) is 16.1. The highest BCUT2D eigenvalue weighted by Crippen LogP contribution is 2.29. The Morgan fingerprint density at radius 2 is 1.92 bits per heavy atom. The first-order valence-electron chi connectivity index (χ1n) is 7.60. The molecule has 25 heavy (non-hydrogen) atoms. The molecule has 3 rings (SSSR count). The maximum absolute atomic E-state index is 12.2. The molecule has 1 heterocycles. The van der Waals surface area contributed by atoms with Crippen LogP contribution >= 0.6 is 34.7 Å². The highest BCUT2D eigenvalue weighted by molar-refractivity contribution is 8.00. The fraction of sp³-hybridized carbons (Fsp3) is 0.167. The van der Waals surface area contributed by atoms with Crippen molar-refractivity contribution in [1.29, 1.82) is 0 Å². The number of anilines is 1. The molecule has 0 unspecified atom stereocenters. The third-order valence-corrected chi connectivity index (χ3v) is 5.86. The van der Waals surface area contributed by atoms with E-state index in [0.717, 1.165) is 10.1 Å². The number of aryl methyl sites for hydroxylation is 2. The van der Waals surface area contributed by atoms with Crippen LogP contribution in [0.15, 0.2) is 46.8 Å². The van der Waals surface area contributed by atoms with Gasteiger partial charge in [0.25, 0.3) is 5.91 Å². The predicted molar refractivity (Wildman–Crippen MR) is 105 cm³/mol. The quantitative estimate of drug-likeness (QED) is 0.471. The Bertz CT molecular complexity index is 894. The molecule has 4 nitrogen and oxygen atoms in total. The molecular formula is C18H16ClN3OS2. The zero-order chi connectivity index (χ0) is 17.8. The second-order valence-electron chi connectivity index (χ2n) is 5.55. The van der Waals surface area contributed by atoms with Gasteiger partial charge in [-0.1, -0.05) is 58.5 Å². The summed E-state index contributed by atoms with van der Waals surface area (Å²) in [6.45, 7) is 4.19. The van der Waals surface area contributed by atoms with Crippen molar-refractivity contribution in [2.45, 2.75) is 23.9 Å². The smallest absolute Gasteiger partial charge is 0.257 e. The summed E-state index contributed by atoms with van der Waals surface area (Å²) in [4.78, 5) is 12.2. The van der Waals surface area contributed by atoms with E-state index >= 15 is 0 Å². The van der Waals surface area contributed by atoms with Crippen molar-refractivity contribution in [3.63, 3.8) is 0 Å². The lowest BCUT2D eigenvalue weighted by Gasteiger charge is -2.05. The summed E-state index contributed by atoms with van der Waals surface area (Å²) < 4.78 is 0.826. The molecule has 0 aliphatic carbocycles. The lowest BCUT2D eigenvalue weighted by Crippen LogP contribution is -2.11. The van der Waals surface area contributed by atoms with Crippen LogP contribution in [0.2, 0.25) is 5.02 Å². The first-order valence-corrected chi connectivity index (χ1v) is 9.78. The van der Waals surface area contributed by atoms with E-state index in [-0.39, 0.29) is 5.91 Å². The molecule has 1 N–H and O–H groups in total. The number of benzene rings is 2. The summed E-state index contributed by atoms with van der Waals surface area (Å²) in [7, 11) is 0. The molecule has 0 spiro atoms. The minimum Gasteiger partial charge on any atom is -0.296 e. The molecule has 0 aliphatic heterocycles. The standard InChI is InChI=1S/C18H16ClN3OS2/c1-11-3-4-12(2)14(9-11)10-24-18-22-21-17(25-18)20-16(23)13-5-7-15(19)8-6-13/h3-9H,10H2,1-2H3,(H,20,21,23). The van der Waals surface area contributed by atoms with E-state index in [1.165, 1.54) is 28.0 Å². The normalized spacial score (nSPS) is 10.7. The van der Waals surface area contributed by atoms with Crippen molar-refractivity contribution < 1.29 is 4.79 Å². The van der Waals surface area contributed by atoms with E-state index in [4.69, 9.17) is 11.6 Å². The summed E-state index contributed by atoms with van der Waals surface area (Å²) in [5.74, 6) is 0.603. The van der Waals surface area contributed by atoms with Gasteiger partial charge in [-0.2, -0.15) is 0 Å². The second-order valence-corrected chi connectivity index (χ2v) is 8.19. The third-order valence-electron chi connectivity index (χ3n) is 3.59. The fourth-order valence-electron chi connectivity index (χ4n) is 2.18. The second kappa shape index (κ2) is 7.99. The summed E-state index contributed by atoms with van der Waals surface area (Å²) >= 11 is 8.82. The molecule has 1 amide bonds. The first-order chi connectivity index (χ1) is 12.0. The number of rotatable bonds is 5. The van der Waals surface area contributed by atoms with Crippen LogP contribution < -0.4 is 5.32 Å². The van der Waals surface area contributed by atoms with Crippen LogP contribution in [0.4, 0.5) is 5.13 Å².